The molecule has 0 fully saturated rings. The summed E-state index contributed by atoms with van der Waals surface area (Å²) in [6.45, 7) is 2.18. The number of benzene rings is 2. The number of nitrogens with zero attached hydrogens (tertiary/aromatic N) is 3. The van der Waals surface area contributed by atoms with E-state index in [9.17, 15) is 4.79 Å². The van der Waals surface area contributed by atoms with Crippen molar-refractivity contribution in [3.8, 4) is 11.5 Å². The molecular formula is C27H33ClN4O4. The highest BCUT2D eigenvalue weighted by molar-refractivity contribution is 6.31. The van der Waals surface area contributed by atoms with E-state index < -0.39 is 5.97 Å². The highest BCUT2D eigenvalue weighted by Crippen LogP contribution is 2.29. The van der Waals surface area contributed by atoms with Crippen LogP contribution in [0.2, 0.25) is 5.02 Å². The van der Waals surface area contributed by atoms with Gasteiger partial charge in [-0.25, -0.2) is 9.97 Å². The molecule has 3 N–H and O–H groups in total. The standard InChI is InChI=1S/C27H33ClN4O4/c1-32(10-3-4-27(33)34)17-21-12-19(5-7-24(21)28)13-22-16-23(31-18-30-22)14-20-6-8-25(35-2)26(15-20)36-11-9-29/h5-8,12,15-16,18H,3-4,9-11,13-14,17,29H2,1-2H3,(H,33,34). The van der Waals surface area contributed by atoms with Gasteiger partial charge in [0.05, 0.1) is 7.11 Å². The fourth-order valence-corrected chi connectivity index (χ4v) is 4.07. The van der Waals surface area contributed by atoms with E-state index in [1.54, 1.807) is 13.4 Å². The number of carbonyl (C=O) groups is 1. The highest BCUT2D eigenvalue weighted by atomic mass is 35.5. The quantitative estimate of drug-likeness (QED) is 0.334. The van der Waals surface area contributed by atoms with Crippen LogP contribution in [0.1, 0.15) is 40.9 Å². The minimum Gasteiger partial charge on any atom is -0.493 e. The Balaban J connectivity index is 1.67. The Labute approximate surface area is 217 Å². The fraction of sp³-hybridized carbons (Fsp3) is 0.370. The van der Waals surface area contributed by atoms with E-state index in [1.807, 2.05) is 43.4 Å². The van der Waals surface area contributed by atoms with Crippen LogP contribution in [0.3, 0.4) is 0 Å². The maximum atomic E-state index is 10.8. The number of carboxylic acid groups (broad SMARTS) is 1. The molecule has 0 aliphatic heterocycles. The number of aliphatic carboxylic acids is 1. The van der Waals surface area contributed by atoms with E-state index >= 15 is 0 Å². The lowest BCUT2D eigenvalue weighted by Gasteiger charge is -2.17. The second-order valence-electron chi connectivity index (χ2n) is 8.64. The topological polar surface area (TPSA) is 111 Å². The Bertz CT molecular complexity index is 1160. The molecule has 2 aromatic carbocycles. The van der Waals surface area contributed by atoms with Gasteiger partial charge in [0.15, 0.2) is 11.5 Å². The van der Waals surface area contributed by atoms with Crippen LogP contribution >= 0.6 is 11.6 Å². The third kappa shape index (κ3) is 8.48. The van der Waals surface area contributed by atoms with Crippen molar-refractivity contribution in [2.45, 2.75) is 32.2 Å². The van der Waals surface area contributed by atoms with Crippen molar-refractivity contribution in [1.29, 1.82) is 0 Å². The van der Waals surface area contributed by atoms with E-state index in [2.05, 4.69) is 20.9 Å². The molecule has 3 rings (SSSR count). The van der Waals surface area contributed by atoms with Crippen molar-refractivity contribution in [2.75, 3.05) is 33.9 Å². The van der Waals surface area contributed by atoms with Gasteiger partial charge in [0.25, 0.3) is 0 Å². The van der Waals surface area contributed by atoms with Gasteiger partial charge in [-0.2, -0.15) is 0 Å². The van der Waals surface area contributed by atoms with Gasteiger partial charge in [-0.3, -0.25) is 4.79 Å². The van der Waals surface area contributed by atoms with Crippen molar-refractivity contribution < 1.29 is 19.4 Å². The Kier molecular flexibility index (Phi) is 10.5. The molecule has 0 bridgehead atoms. The summed E-state index contributed by atoms with van der Waals surface area (Å²) in [5.41, 5.74) is 10.5. The zero-order valence-electron chi connectivity index (χ0n) is 20.7. The molecule has 36 heavy (non-hydrogen) atoms. The van der Waals surface area contributed by atoms with Gasteiger partial charge < -0.3 is 25.2 Å². The van der Waals surface area contributed by atoms with Crippen LogP contribution in [0.5, 0.6) is 11.5 Å². The summed E-state index contributed by atoms with van der Waals surface area (Å²) in [5.74, 6) is 0.554. The van der Waals surface area contributed by atoms with Gasteiger partial charge >= 0.3 is 5.97 Å². The minimum absolute atomic E-state index is 0.159. The molecule has 192 valence electrons. The third-order valence-electron chi connectivity index (χ3n) is 5.64. The zero-order chi connectivity index (χ0) is 25.9. The van der Waals surface area contributed by atoms with Crippen molar-refractivity contribution in [2.24, 2.45) is 5.73 Å². The molecule has 0 atom stereocenters. The first kappa shape index (κ1) is 27.4. The molecule has 0 spiro atoms. The third-order valence-corrected chi connectivity index (χ3v) is 6.00. The Morgan fingerprint density at radius 3 is 2.42 bits per heavy atom. The molecule has 9 heteroatoms. The summed E-state index contributed by atoms with van der Waals surface area (Å²) in [4.78, 5) is 21.7. The summed E-state index contributed by atoms with van der Waals surface area (Å²) in [6, 6.07) is 13.8. The van der Waals surface area contributed by atoms with Crippen LogP contribution in [0.25, 0.3) is 0 Å². The van der Waals surface area contributed by atoms with Gasteiger partial charge in [-0.15, -0.1) is 0 Å². The predicted molar refractivity (Wildman–Crippen MR) is 140 cm³/mol. The van der Waals surface area contributed by atoms with Crippen LogP contribution in [0.4, 0.5) is 0 Å². The van der Waals surface area contributed by atoms with Crippen LogP contribution < -0.4 is 15.2 Å². The van der Waals surface area contributed by atoms with Crippen molar-refractivity contribution in [3.63, 3.8) is 0 Å². The lowest BCUT2D eigenvalue weighted by Crippen LogP contribution is -2.20. The fourth-order valence-electron chi connectivity index (χ4n) is 3.90. The van der Waals surface area contributed by atoms with Gasteiger partial charge in [0, 0.05) is 48.8 Å². The molecule has 0 radical (unpaired) electrons. The number of methoxy groups -OCH3 is 1. The van der Waals surface area contributed by atoms with Gasteiger partial charge in [-0.05, 0) is 61.0 Å². The summed E-state index contributed by atoms with van der Waals surface area (Å²) in [7, 11) is 3.58. The molecule has 8 nitrogen and oxygen atoms in total. The van der Waals surface area contributed by atoms with E-state index in [1.165, 1.54) is 0 Å². The largest absolute Gasteiger partial charge is 0.493 e. The van der Waals surface area contributed by atoms with Gasteiger partial charge in [-0.1, -0.05) is 29.8 Å². The molecule has 1 heterocycles. The predicted octanol–water partition coefficient (Wildman–Crippen LogP) is 3.95. The maximum absolute atomic E-state index is 10.8. The van der Waals surface area contributed by atoms with Crippen LogP contribution in [0, 0.1) is 0 Å². The number of carboxylic acids is 1. The summed E-state index contributed by atoms with van der Waals surface area (Å²) in [6.07, 6.45) is 3.63. The average molecular weight is 513 g/mol. The van der Waals surface area contributed by atoms with Gasteiger partial charge in [0.1, 0.15) is 12.9 Å². The molecule has 0 saturated carbocycles. The molecule has 0 unspecified atom stereocenters. The second kappa shape index (κ2) is 13.8. The SMILES string of the molecule is COc1ccc(Cc2cc(Cc3ccc(Cl)c(CN(C)CCCC(=O)O)c3)ncn2)cc1OCCN. The summed E-state index contributed by atoms with van der Waals surface area (Å²) >= 11 is 6.44. The molecule has 0 saturated heterocycles. The molecule has 0 amide bonds. The van der Waals surface area contributed by atoms with E-state index in [4.69, 9.17) is 31.9 Å². The summed E-state index contributed by atoms with van der Waals surface area (Å²) in [5, 5.41) is 9.53. The number of hydrogen-bond donors (Lipinski definition) is 2. The summed E-state index contributed by atoms with van der Waals surface area (Å²) < 4.78 is 11.1. The number of rotatable bonds is 14. The van der Waals surface area contributed by atoms with Crippen molar-refractivity contribution in [3.05, 3.63) is 81.9 Å². The number of nitrogens with two attached hydrogens (primary N) is 1. The average Bonchev–Trinajstić information content (AvgIpc) is 2.85. The Morgan fingerprint density at radius 2 is 1.75 bits per heavy atom. The first-order chi connectivity index (χ1) is 17.4. The first-order valence-electron chi connectivity index (χ1n) is 11.8. The smallest absolute Gasteiger partial charge is 0.303 e. The number of ether oxygens (including phenoxy) is 2. The van der Waals surface area contributed by atoms with Crippen LogP contribution in [0.15, 0.2) is 48.8 Å². The van der Waals surface area contributed by atoms with Crippen molar-refractivity contribution >= 4 is 17.6 Å². The zero-order valence-corrected chi connectivity index (χ0v) is 21.5. The Morgan fingerprint density at radius 1 is 1.06 bits per heavy atom. The molecule has 1 aromatic heterocycles. The molecule has 0 aliphatic carbocycles. The van der Waals surface area contributed by atoms with E-state index in [-0.39, 0.29) is 6.42 Å². The van der Waals surface area contributed by atoms with Crippen LogP contribution in [-0.4, -0.2) is 59.8 Å². The second-order valence-corrected chi connectivity index (χ2v) is 9.04. The lowest BCUT2D eigenvalue weighted by atomic mass is 10.0. The van der Waals surface area contributed by atoms with E-state index in [0.717, 1.165) is 28.1 Å². The minimum atomic E-state index is -0.778. The van der Waals surface area contributed by atoms with E-state index in [0.29, 0.717) is 62.0 Å². The first-order valence-corrected chi connectivity index (χ1v) is 12.2. The number of halogens is 1. The maximum Gasteiger partial charge on any atom is 0.303 e. The lowest BCUT2D eigenvalue weighted by molar-refractivity contribution is -0.137. The number of hydrogen-bond acceptors (Lipinski definition) is 7. The van der Waals surface area contributed by atoms with Crippen molar-refractivity contribution in [1.82, 2.24) is 14.9 Å². The monoisotopic (exact) mass is 512 g/mol. The normalized spacial score (nSPS) is 11.0. The van der Waals surface area contributed by atoms with Crippen LogP contribution in [-0.2, 0) is 24.2 Å². The molecule has 0 aliphatic rings. The highest BCUT2D eigenvalue weighted by Gasteiger charge is 2.10. The Hall–Kier alpha value is -3.20. The molecular weight excluding hydrogens is 480 g/mol. The number of aromatic nitrogens is 2. The van der Waals surface area contributed by atoms with Gasteiger partial charge in [0.2, 0.25) is 0 Å². The molecule has 3 aromatic rings.